The summed E-state index contributed by atoms with van der Waals surface area (Å²) >= 11 is 0. The Bertz CT molecular complexity index is 1050. The molecular formula is C26H28FN3O2. The minimum atomic E-state index is -0.192. The van der Waals surface area contributed by atoms with Gasteiger partial charge in [-0.15, -0.1) is 0 Å². The van der Waals surface area contributed by atoms with Crippen LogP contribution in [0.4, 0.5) is 15.8 Å². The molecule has 1 amide bonds. The van der Waals surface area contributed by atoms with E-state index in [-0.39, 0.29) is 18.3 Å². The highest BCUT2D eigenvalue weighted by atomic mass is 19.1. The third kappa shape index (κ3) is 5.65. The van der Waals surface area contributed by atoms with Crippen molar-refractivity contribution < 1.29 is 13.9 Å². The molecule has 1 saturated heterocycles. The third-order valence-electron chi connectivity index (χ3n) is 5.69. The van der Waals surface area contributed by atoms with E-state index in [0.717, 1.165) is 48.7 Å². The fraction of sp³-hybridized carbons (Fsp3) is 0.269. The molecular weight excluding hydrogens is 405 g/mol. The first-order valence-electron chi connectivity index (χ1n) is 10.9. The van der Waals surface area contributed by atoms with Gasteiger partial charge in [0.25, 0.3) is 5.91 Å². The summed E-state index contributed by atoms with van der Waals surface area (Å²) in [6.45, 7) is 6.07. The minimum Gasteiger partial charge on any atom is -0.483 e. The molecule has 3 aromatic rings. The predicted molar refractivity (Wildman–Crippen MR) is 126 cm³/mol. The van der Waals surface area contributed by atoms with Crippen LogP contribution >= 0.6 is 0 Å². The number of nitrogens with zero attached hydrogens (tertiary/aromatic N) is 2. The number of ether oxygens (including phenoxy) is 1. The maximum absolute atomic E-state index is 13.9. The summed E-state index contributed by atoms with van der Waals surface area (Å²) in [5.74, 6) is 0.381. The summed E-state index contributed by atoms with van der Waals surface area (Å²) in [4.78, 5) is 16.8. The summed E-state index contributed by atoms with van der Waals surface area (Å²) in [7, 11) is 0. The van der Waals surface area contributed by atoms with Crippen molar-refractivity contribution in [3.05, 3.63) is 89.7 Å². The molecule has 3 aromatic carbocycles. The van der Waals surface area contributed by atoms with Crippen LogP contribution in [0.5, 0.6) is 5.75 Å². The Morgan fingerprint density at radius 1 is 0.938 bits per heavy atom. The molecule has 1 N–H and O–H groups in total. The monoisotopic (exact) mass is 433 g/mol. The number of halogens is 1. The largest absolute Gasteiger partial charge is 0.483 e. The van der Waals surface area contributed by atoms with Crippen molar-refractivity contribution in [2.45, 2.75) is 13.5 Å². The van der Waals surface area contributed by atoms with Crippen LogP contribution in [0.15, 0.2) is 72.8 Å². The zero-order valence-corrected chi connectivity index (χ0v) is 18.3. The number of carbonyl (C=O) groups excluding carboxylic acids is 1. The van der Waals surface area contributed by atoms with Crippen LogP contribution in [-0.2, 0) is 11.3 Å². The number of amides is 1. The lowest BCUT2D eigenvalue weighted by Gasteiger charge is -2.36. The molecule has 6 heteroatoms. The van der Waals surface area contributed by atoms with Gasteiger partial charge in [0.1, 0.15) is 11.6 Å². The topological polar surface area (TPSA) is 44.8 Å². The molecule has 0 radical (unpaired) electrons. The van der Waals surface area contributed by atoms with Crippen LogP contribution < -0.4 is 15.0 Å². The van der Waals surface area contributed by atoms with Crippen molar-refractivity contribution in [1.29, 1.82) is 0 Å². The van der Waals surface area contributed by atoms with Crippen molar-refractivity contribution in [1.82, 2.24) is 4.90 Å². The summed E-state index contributed by atoms with van der Waals surface area (Å²) in [6, 6.07) is 22.4. The van der Waals surface area contributed by atoms with E-state index in [1.165, 1.54) is 6.07 Å². The van der Waals surface area contributed by atoms with Crippen LogP contribution in [0.25, 0.3) is 0 Å². The number of hydrogen-bond acceptors (Lipinski definition) is 4. The number of anilines is 2. The summed E-state index contributed by atoms with van der Waals surface area (Å²) in [5, 5.41) is 2.88. The summed E-state index contributed by atoms with van der Waals surface area (Å²) in [5.41, 5.74) is 3.60. The van der Waals surface area contributed by atoms with E-state index in [9.17, 15) is 9.18 Å². The van der Waals surface area contributed by atoms with E-state index in [1.807, 2.05) is 67.6 Å². The summed E-state index contributed by atoms with van der Waals surface area (Å²) in [6.07, 6.45) is 0. The molecule has 166 valence electrons. The Labute approximate surface area is 188 Å². The van der Waals surface area contributed by atoms with E-state index in [1.54, 1.807) is 6.07 Å². The van der Waals surface area contributed by atoms with Gasteiger partial charge in [-0.1, -0.05) is 36.4 Å². The molecule has 32 heavy (non-hydrogen) atoms. The number of aryl methyl sites for hydroxylation is 1. The highest BCUT2D eigenvalue weighted by Gasteiger charge is 2.18. The Hall–Kier alpha value is -3.38. The molecule has 1 heterocycles. The highest BCUT2D eigenvalue weighted by Crippen LogP contribution is 2.21. The lowest BCUT2D eigenvalue weighted by molar-refractivity contribution is -0.118. The van der Waals surface area contributed by atoms with E-state index < -0.39 is 0 Å². The van der Waals surface area contributed by atoms with Crippen molar-refractivity contribution in [3.63, 3.8) is 0 Å². The number of para-hydroxylation sites is 1. The van der Waals surface area contributed by atoms with Crippen molar-refractivity contribution in [3.8, 4) is 5.75 Å². The smallest absolute Gasteiger partial charge is 0.262 e. The SMILES string of the molecule is Cc1ccccc1OCC(=O)Nc1ccc(N2CCN(Cc3ccccc3F)CC2)cc1. The fourth-order valence-corrected chi connectivity index (χ4v) is 3.85. The van der Waals surface area contributed by atoms with Gasteiger partial charge in [0.15, 0.2) is 6.61 Å². The zero-order chi connectivity index (χ0) is 22.3. The number of piperazine rings is 1. The molecule has 0 saturated carbocycles. The maximum Gasteiger partial charge on any atom is 0.262 e. The first kappa shape index (κ1) is 21.8. The first-order valence-corrected chi connectivity index (χ1v) is 10.9. The molecule has 0 atom stereocenters. The number of rotatable bonds is 7. The van der Waals surface area contributed by atoms with Crippen molar-refractivity contribution in [2.75, 3.05) is 43.0 Å². The standard InChI is InChI=1S/C26H28FN3O2/c1-20-6-2-5-9-25(20)32-19-26(31)28-22-10-12-23(13-11-22)30-16-14-29(15-17-30)18-21-7-3-4-8-24(21)27/h2-13H,14-19H2,1H3,(H,28,31). The van der Waals surface area contributed by atoms with Gasteiger partial charge in [-0.2, -0.15) is 0 Å². The van der Waals surface area contributed by atoms with E-state index >= 15 is 0 Å². The molecule has 0 unspecified atom stereocenters. The van der Waals surface area contributed by atoms with Crippen LogP contribution in [0.3, 0.4) is 0 Å². The second-order valence-corrected chi connectivity index (χ2v) is 8.00. The molecule has 0 aromatic heterocycles. The zero-order valence-electron chi connectivity index (χ0n) is 18.3. The van der Waals surface area contributed by atoms with E-state index in [2.05, 4.69) is 15.1 Å². The van der Waals surface area contributed by atoms with Gasteiger partial charge in [-0.3, -0.25) is 9.69 Å². The summed E-state index contributed by atoms with van der Waals surface area (Å²) < 4.78 is 19.5. The van der Waals surface area contributed by atoms with Crippen LogP contribution in [-0.4, -0.2) is 43.6 Å². The van der Waals surface area contributed by atoms with Gasteiger partial charge >= 0.3 is 0 Å². The Balaban J connectivity index is 1.24. The predicted octanol–water partition coefficient (Wildman–Crippen LogP) is 4.47. The van der Waals surface area contributed by atoms with Gasteiger partial charge in [-0.25, -0.2) is 4.39 Å². The van der Waals surface area contributed by atoms with Crippen LogP contribution in [0, 0.1) is 12.7 Å². The number of benzene rings is 3. The quantitative estimate of drug-likeness (QED) is 0.597. The van der Waals surface area contributed by atoms with Crippen molar-refractivity contribution >= 4 is 17.3 Å². The Kier molecular flexibility index (Phi) is 7.02. The molecule has 1 aliphatic heterocycles. The fourth-order valence-electron chi connectivity index (χ4n) is 3.85. The van der Waals surface area contributed by atoms with Crippen LogP contribution in [0.2, 0.25) is 0 Å². The normalized spacial score (nSPS) is 14.2. The first-order chi connectivity index (χ1) is 15.6. The highest BCUT2D eigenvalue weighted by molar-refractivity contribution is 5.92. The average Bonchev–Trinajstić information content (AvgIpc) is 2.81. The van der Waals surface area contributed by atoms with Gasteiger partial charge in [0.2, 0.25) is 0 Å². The van der Waals surface area contributed by atoms with Gasteiger partial charge < -0.3 is 15.0 Å². The third-order valence-corrected chi connectivity index (χ3v) is 5.69. The molecule has 5 nitrogen and oxygen atoms in total. The van der Waals surface area contributed by atoms with Gasteiger partial charge in [-0.05, 0) is 48.9 Å². The Morgan fingerprint density at radius 2 is 1.62 bits per heavy atom. The van der Waals surface area contributed by atoms with Gasteiger partial charge in [0.05, 0.1) is 0 Å². The lowest BCUT2D eigenvalue weighted by atomic mass is 10.1. The Morgan fingerprint density at radius 3 is 2.34 bits per heavy atom. The lowest BCUT2D eigenvalue weighted by Crippen LogP contribution is -2.46. The molecule has 0 bridgehead atoms. The van der Waals surface area contributed by atoms with E-state index in [4.69, 9.17) is 4.74 Å². The van der Waals surface area contributed by atoms with Crippen molar-refractivity contribution in [2.24, 2.45) is 0 Å². The molecule has 0 aliphatic carbocycles. The minimum absolute atomic E-state index is 0.0312. The second kappa shape index (κ2) is 10.3. The molecule has 1 aliphatic rings. The second-order valence-electron chi connectivity index (χ2n) is 8.00. The molecule has 1 fully saturated rings. The number of hydrogen-bond donors (Lipinski definition) is 1. The molecule has 0 spiro atoms. The average molecular weight is 434 g/mol. The number of nitrogens with one attached hydrogen (secondary N) is 1. The molecule has 4 rings (SSSR count). The number of carbonyl (C=O) groups is 1. The van der Waals surface area contributed by atoms with Crippen LogP contribution in [0.1, 0.15) is 11.1 Å². The van der Waals surface area contributed by atoms with Gasteiger partial charge in [0, 0.05) is 49.7 Å². The van der Waals surface area contributed by atoms with E-state index in [0.29, 0.717) is 12.3 Å². The maximum atomic E-state index is 13.9.